The highest BCUT2D eigenvalue weighted by Crippen LogP contribution is 2.25. The molecule has 1 amide bonds. The van der Waals surface area contributed by atoms with Crippen LogP contribution in [-0.4, -0.2) is 74.2 Å². The minimum absolute atomic E-state index is 0.122. The van der Waals surface area contributed by atoms with Crippen molar-refractivity contribution in [1.82, 2.24) is 14.1 Å². The predicted molar refractivity (Wildman–Crippen MR) is 110 cm³/mol. The van der Waals surface area contributed by atoms with Gasteiger partial charge in [-0.05, 0) is 43.9 Å². The normalized spacial score (nSPS) is 22.5. The first kappa shape index (κ1) is 21.3. The quantitative estimate of drug-likeness (QED) is 0.726. The molecule has 1 aromatic carbocycles. The van der Waals surface area contributed by atoms with Crippen molar-refractivity contribution in [3.63, 3.8) is 0 Å². The van der Waals surface area contributed by atoms with Crippen LogP contribution < -0.4 is 0 Å². The Balaban J connectivity index is 1.57. The first-order chi connectivity index (χ1) is 13.4. The van der Waals surface area contributed by atoms with E-state index >= 15 is 0 Å². The molecule has 0 aromatic heterocycles. The van der Waals surface area contributed by atoms with Crippen LogP contribution in [0.15, 0.2) is 35.2 Å². The number of benzene rings is 1. The van der Waals surface area contributed by atoms with Crippen LogP contribution in [0.3, 0.4) is 0 Å². The molecule has 0 N–H and O–H groups in total. The largest absolute Gasteiger partial charge is 0.340 e. The van der Waals surface area contributed by atoms with E-state index in [9.17, 15) is 13.2 Å². The average Bonchev–Trinajstić information content (AvgIpc) is 2.73. The van der Waals surface area contributed by atoms with E-state index in [1.165, 1.54) is 10.7 Å². The first-order valence-electron chi connectivity index (χ1n) is 10.4. The number of nitrogens with zero attached hydrogens (tertiary/aromatic N) is 3. The monoisotopic (exact) mass is 407 g/mol. The van der Waals surface area contributed by atoms with Crippen molar-refractivity contribution in [2.75, 3.05) is 45.8 Å². The highest BCUT2D eigenvalue weighted by molar-refractivity contribution is 7.89. The number of carbonyl (C=O) groups is 1. The molecule has 0 spiro atoms. The number of amides is 1. The standard InChI is InChI=1S/C21H33N3O3S/c1-18(2)10-12-22-13-15-23(16-14-22)21(25)19-7-6-11-24(17-19)28(26,27)20-8-4-3-5-9-20/h3-5,8-9,18-19H,6-7,10-17H2,1-2H3. The Kier molecular flexibility index (Phi) is 7.12. The predicted octanol–water partition coefficient (Wildman–Crippen LogP) is 2.28. The molecule has 2 aliphatic rings. The van der Waals surface area contributed by atoms with Gasteiger partial charge in [0, 0.05) is 39.3 Å². The summed E-state index contributed by atoms with van der Waals surface area (Å²) in [7, 11) is -3.53. The second-order valence-electron chi connectivity index (χ2n) is 8.36. The highest BCUT2D eigenvalue weighted by atomic mass is 32.2. The molecule has 1 atom stereocenters. The summed E-state index contributed by atoms with van der Waals surface area (Å²) in [5.41, 5.74) is 0. The molecule has 2 saturated heterocycles. The molecule has 1 unspecified atom stereocenters. The maximum atomic E-state index is 13.0. The van der Waals surface area contributed by atoms with E-state index in [2.05, 4.69) is 18.7 Å². The van der Waals surface area contributed by atoms with Gasteiger partial charge in [-0.3, -0.25) is 9.69 Å². The van der Waals surface area contributed by atoms with E-state index < -0.39 is 10.0 Å². The summed E-state index contributed by atoms with van der Waals surface area (Å²) in [6.07, 6.45) is 2.69. The fourth-order valence-electron chi connectivity index (χ4n) is 3.99. The lowest BCUT2D eigenvalue weighted by atomic mass is 9.97. The fourth-order valence-corrected chi connectivity index (χ4v) is 5.54. The second-order valence-corrected chi connectivity index (χ2v) is 10.3. The van der Waals surface area contributed by atoms with E-state index in [4.69, 9.17) is 0 Å². The molecular formula is C21H33N3O3S. The van der Waals surface area contributed by atoms with Crippen molar-refractivity contribution < 1.29 is 13.2 Å². The molecular weight excluding hydrogens is 374 g/mol. The zero-order valence-electron chi connectivity index (χ0n) is 17.1. The van der Waals surface area contributed by atoms with E-state index in [1.54, 1.807) is 24.3 Å². The van der Waals surface area contributed by atoms with Crippen molar-refractivity contribution in [2.45, 2.75) is 38.0 Å². The topological polar surface area (TPSA) is 60.9 Å². The van der Waals surface area contributed by atoms with E-state index in [0.29, 0.717) is 23.9 Å². The number of rotatable bonds is 6. The second kappa shape index (κ2) is 9.37. The van der Waals surface area contributed by atoms with Gasteiger partial charge in [0.2, 0.25) is 15.9 Å². The molecule has 28 heavy (non-hydrogen) atoms. The third kappa shape index (κ3) is 5.13. The van der Waals surface area contributed by atoms with Crippen LogP contribution in [0.2, 0.25) is 0 Å². The van der Waals surface area contributed by atoms with Gasteiger partial charge < -0.3 is 4.90 Å². The molecule has 2 heterocycles. The third-order valence-electron chi connectivity index (χ3n) is 5.82. The third-order valence-corrected chi connectivity index (χ3v) is 7.70. The van der Waals surface area contributed by atoms with Crippen molar-refractivity contribution in [3.8, 4) is 0 Å². The van der Waals surface area contributed by atoms with Gasteiger partial charge >= 0.3 is 0 Å². The van der Waals surface area contributed by atoms with Crippen LogP contribution in [0.25, 0.3) is 0 Å². The molecule has 2 aliphatic heterocycles. The van der Waals surface area contributed by atoms with Crippen LogP contribution in [0.4, 0.5) is 0 Å². The fraction of sp³-hybridized carbons (Fsp3) is 0.667. The first-order valence-corrected chi connectivity index (χ1v) is 11.9. The van der Waals surface area contributed by atoms with Gasteiger partial charge in [-0.25, -0.2) is 8.42 Å². The van der Waals surface area contributed by atoms with Gasteiger partial charge in [0.25, 0.3) is 0 Å². The lowest BCUT2D eigenvalue weighted by Gasteiger charge is -2.38. The van der Waals surface area contributed by atoms with Gasteiger partial charge in [0.1, 0.15) is 0 Å². The van der Waals surface area contributed by atoms with Crippen LogP contribution in [-0.2, 0) is 14.8 Å². The molecule has 0 saturated carbocycles. The molecule has 1 aromatic rings. The van der Waals surface area contributed by atoms with Crippen LogP contribution in [0.5, 0.6) is 0 Å². The molecule has 6 nitrogen and oxygen atoms in total. The zero-order valence-corrected chi connectivity index (χ0v) is 17.9. The van der Waals surface area contributed by atoms with Crippen molar-refractivity contribution in [3.05, 3.63) is 30.3 Å². The summed E-state index contributed by atoms with van der Waals surface area (Å²) < 4.78 is 27.3. The summed E-state index contributed by atoms with van der Waals surface area (Å²) in [6, 6.07) is 8.52. The van der Waals surface area contributed by atoms with Crippen LogP contribution in [0.1, 0.15) is 33.1 Å². The molecule has 0 radical (unpaired) electrons. The Morgan fingerprint density at radius 3 is 2.39 bits per heavy atom. The van der Waals surface area contributed by atoms with Crippen LogP contribution >= 0.6 is 0 Å². The van der Waals surface area contributed by atoms with E-state index in [1.807, 2.05) is 11.0 Å². The van der Waals surface area contributed by atoms with Crippen LogP contribution in [0, 0.1) is 11.8 Å². The zero-order chi connectivity index (χ0) is 20.1. The summed E-state index contributed by atoms with van der Waals surface area (Å²) in [5, 5.41) is 0. The Bertz CT molecular complexity index is 743. The lowest BCUT2D eigenvalue weighted by molar-refractivity contribution is -0.138. The lowest BCUT2D eigenvalue weighted by Crippen LogP contribution is -2.53. The van der Waals surface area contributed by atoms with E-state index in [0.717, 1.165) is 45.6 Å². The molecule has 7 heteroatoms. The molecule has 156 valence electrons. The number of piperazine rings is 1. The smallest absolute Gasteiger partial charge is 0.243 e. The van der Waals surface area contributed by atoms with Crippen molar-refractivity contribution in [1.29, 1.82) is 0 Å². The summed E-state index contributed by atoms with van der Waals surface area (Å²) in [6.45, 7) is 9.67. The van der Waals surface area contributed by atoms with E-state index in [-0.39, 0.29) is 11.8 Å². The summed E-state index contributed by atoms with van der Waals surface area (Å²) in [5.74, 6) is 0.588. The molecule has 2 fully saturated rings. The van der Waals surface area contributed by atoms with Crippen molar-refractivity contribution >= 4 is 15.9 Å². The Hall–Kier alpha value is -1.44. The SMILES string of the molecule is CC(C)CCN1CCN(C(=O)C2CCCN(S(=O)(=O)c3ccccc3)C2)CC1. The molecule has 3 rings (SSSR count). The summed E-state index contributed by atoms with van der Waals surface area (Å²) >= 11 is 0. The van der Waals surface area contributed by atoms with Crippen molar-refractivity contribution in [2.24, 2.45) is 11.8 Å². The Morgan fingerprint density at radius 1 is 1.07 bits per heavy atom. The van der Waals surface area contributed by atoms with Gasteiger partial charge in [-0.1, -0.05) is 32.0 Å². The van der Waals surface area contributed by atoms with Gasteiger partial charge in [-0.15, -0.1) is 0 Å². The number of hydrogen-bond acceptors (Lipinski definition) is 4. The molecule has 0 aliphatic carbocycles. The maximum absolute atomic E-state index is 13.0. The number of hydrogen-bond donors (Lipinski definition) is 0. The molecule has 0 bridgehead atoms. The number of piperidine rings is 1. The van der Waals surface area contributed by atoms with Gasteiger partial charge in [-0.2, -0.15) is 4.31 Å². The summed E-state index contributed by atoms with van der Waals surface area (Å²) in [4.78, 5) is 17.7. The maximum Gasteiger partial charge on any atom is 0.243 e. The Morgan fingerprint density at radius 2 is 1.75 bits per heavy atom. The van der Waals surface area contributed by atoms with Gasteiger partial charge in [0.15, 0.2) is 0 Å². The minimum Gasteiger partial charge on any atom is -0.340 e. The van der Waals surface area contributed by atoms with Gasteiger partial charge in [0.05, 0.1) is 10.8 Å². The number of sulfonamides is 1. The average molecular weight is 408 g/mol. The minimum atomic E-state index is -3.53. The highest BCUT2D eigenvalue weighted by Gasteiger charge is 2.35. The number of carbonyl (C=O) groups excluding carboxylic acids is 1. The Labute approximate surface area is 169 Å².